The molecule has 0 aliphatic rings. The van der Waals surface area contributed by atoms with Gasteiger partial charge in [-0.25, -0.2) is 8.42 Å². The number of rotatable bonds is 7. The summed E-state index contributed by atoms with van der Waals surface area (Å²) >= 11 is 3.32. The summed E-state index contributed by atoms with van der Waals surface area (Å²) in [6.45, 7) is 3.70. The van der Waals surface area contributed by atoms with Crippen LogP contribution in [0.4, 0.5) is 5.69 Å². The van der Waals surface area contributed by atoms with E-state index in [4.69, 9.17) is 0 Å². The molecular weight excluding hydrogens is 416 g/mol. The van der Waals surface area contributed by atoms with Gasteiger partial charge in [0.1, 0.15) is 6.54 Å². The molecule has 0 heterocycles. The summed E-state index contributed by atoms with van der Waals surface area (Å²) in [5, 5.41) is 2.86. The highest BCUT2D eigenvalue weighted by Crippen LogP contribution is 2.21. The van der Waals surface area contributed by atoms with Crippen LogP contribution in [0.25, 0.3) is 0 Å². The zero-order valence-electron chi connectivity index (χ0n) is 15.1. The van der Waals surface area contributed by atoms with E-state index < -0.39 is 10.0 Å². The number of hydrogen-bond acceptors (Lipinski definition) is 3. The Kier molecular flexibility index (Phi) is 6.83. The van der Waals surface area contributed by atoms with Crippen LogP contribution >= 0.6 is 15.9 Å². The van der Waals surface area contributed by atoms with Gasteiger partial charge in [-0.15, -0.1) is 0 Å². The molecule has 26 heavy (non-hydrogen) atoms. The van der Waals surface area contributed by atoms with Gasteiger partial charge in [-0.2, -0.15) is 0 Å². The Morgan fingerprint density at radius 2 is 1.69 bits per heavy atom. The number of anilines is 1. The van der Waals surface area contributed by atoms with E-state index in [0.717, 1.165) is 27.0 Å². The lowest BCUT2D eigenvalue weighted by Gasteiger charge is -2.23. The minimum absolute atomic E-state index is 0.209. The molecule has 0 saturated heterocycles. The highest BCUT2D eigenvalue weighted by molar-refractivity contribution is 9.10. The molecule has 0 spiro atoms. The second-order valence-corrected chi connectivity index (χ2v) is 8.95. The Labute approximate surface area is 163 Å². The van der Waals surface area contributed by atoms with Crippen molar-refractivity contribution >= 4 is 37.5 Å². The summed E-state index contributed by atoms with van der Waals surface area (Å²) in [5.41, 5.74) is 2.65. The van der Waals surface area contributed by atoms with Crippen molar-refractivity contribution in [2.75, 3.05) is 17.1 Å². The fourth-order valence-corrected chi connectivity index (χ4v) is 3.67. The summed E-state index contributed by atoms with van der Waals surface area (Å²) in [6.07, 6.45) is 2.05. The Balaban J connectivity index is 2.10. The molecule has 0 aliphatic heterocycles. The number of sulfonamides is 1. The third kappa shape index (κ3) is 5.57. The molecule has 0 unspecified atom stereocenters. The minimum Gasteiger partial charge on any atom is -0.348 e. The smallest absolute Gasteiger partial charge is 0.241 e. The SMILES string of the molecule is CCc1ccc([C@@H](C)NC(=O)CN(c2ccc(Br)cc2)S(C)(=O)=O)cc1. The first-order valence-electron chi connectivity index (χ1n) is 8.32. The van der Waals surface area contributed by atoms with Crippen LogP contribution in [0.3, 0.4) is 0 Å². The van der Waals surface area contributed by atoms with Crippen LogP contribution in [0.5, 0.6) is 0 Å². The van der Waals surface area contributed by atoms with Crippen LogP contribution in [-0.2, 0) is 21.2 Å². The second-order valence-electron chi connectivity index (χ2n) is 6.13. The van der Waals surface area contributed by atoms with Gasteiger partial charge in [0.25, 0.3) is 0 Å². The molecule has 1 atom stereocenters. The molecule has 0 bridgehead atoms. The van der Waals surface area contributed by atoms with Crippen molar-refractivity contribution in [3.8, 4) is 0 Å². The van der Waals surface area contributed by atoms with E-state index in [1.54, 1.807) is 24.3 Å². The zero-order valence-corrected chi connectivity index (χ0v) is 17.5. The lowest BCUT2D eigenvalue weighted by Crippen LogP contribution is -2.41. The average molecular weight is 439 g/mol. The van der Waals surface area contributed by atoms with E-state index in [1.165, 1.54) is 5.56 Å². The van der Waals surface area contributed by atoms with Crippen LogP contribution < -0.4 is 9.62 Å². The molecule has 2 rings (SSSR count). The second kappa shape index (κ2) is 8.68. The first kappa shape index (κ1) is 20.5. The van der Waals surface area contributed by atoms with Gasteiger partial charge in [0.05, 0.1) is 18.0 Å². The normalized spacial score (nSPS) is 12.5. The molecule has 7 heteroatoms. The molecule has 0 radical (unpaired) electrons. The number of nitrogens with zero attached hydrogens (tertiary/aromatic N) is 1. The minimum atomic E-state index is -3.58. The third-order valence-electron chi connectivity index (χ3n) is 4.07. The maximum absolute atomic E-state index is 12.4. The van der Waals surface area contributed by atoms with E-state index in [2.05, 4.69) is 28.2 Å². The van der Waals surface area contributed by atoms with Crippen molar-refractivity contribution in [1.29, 1.82) is 0 Å². The number of carbonyl (C=O) groups is 1. The highest BCUT2D eigenvalue weighted by atomic mass is 79.9. The fourth-order valence-electron chi connectivity index (χ4n) is 2.55. The van der Waals surface area contributed by atoms with Crippen molar-refractivity contribution in [3.05, 3.63) is 64.1 Å². The van der Waals surface area contributed by atoms with Gasteiger partial charge in [-0.3, -0.25) is 9.10 Å². The standard InChI is InChI=1S/C19H23BrN2O3S/c1-4-15-5-7-16(8-6-15)14(2)21-19(23)13-22(26(3,24)25)18-11-9-17(20)10-12-18/h5-12,14H,4,13H2,1-3H3,(H,21,23)/t14-/m1/s1. The molecule has 140 valence electrons. The molecule has 1 N–H and O–H groups in total. The van der Waals surface area contributed by atoms with Gasteiger partial charge in [0, 0.05) is 4.47 Å². The first-order valence-corrected chi connectivity index (χ1v) is 11.0. The number of carbonyl (C=O) groups excluding carboxylic acids is 1. The van der Waals surface area contributed by atoms with E-state index in [-0.39, 0.29) is 18.5 Å². The van der Waals surface area contributed by atoms with Gasteiger partial charge < -0.3 is 5.32 Å². The molecule has 0 fully saturated rings. The van der Waals surface area contributed by atoms with Crippen molar-refractivity contribution < 1.29 is 13.2 Å². The van der Waals surface area contributed by atoms with Crippen LogP contribution in [0.15, 0.2) is 53.0 Å². The number of aryl methyl sites for hydroxylation is 1. The number of halogens is 1. The molecule has 0 aromatic heterocycles. The summed E-state index contributed by atoms with van der Waals surface area (Å²) in [6, 6.07) is 14.6. The number of hydrogen-bond donors (Lipinski definition) is 1. The predicted molar refractivity (Wildman–Crippen MR) is 109 cm³/mol. The molecule has 0 aliphatic carbocycles. The average Bonchev–Trinajstić information content (AvgIpc) is 2.59. The van der Waals surface area contributed by atoms with Gasteiger partial charge in [-0.1, -0.05) is 47.1 Å². The molecular formula is C19H23BrN2O3S. The quantitative estimate of drug-likeness (QED) is 0.716. The molecule has 0 saturated carbocycles. The van der Waals surface area contributed by atoms with Crippen LogP contribution in [0.1, 0.15) is 31.0 Å². The molecule has 5 nitrogen and oxygen atoms in total. The van der Waals surface area contributed by atoms with E-state index in [1.807, 2.05) is 31.2 Å². The van der Waals surface area contributed by atoms with Crippen LogP contribution in [0, 0.1) is 0 Å². The Morgan fingerprint density at radius 1 is 1.12 bits per heavy atom. The largest absolute Gasteiger partial charge is 0.348 e. The van der Waals surface area contributed by atoms with Crippen molar-refractivity contribution in [3.63, 3.8) is 0 Å². The summed E-state index contributed by atoms with van der Waals surface area (Å²) in [4.78, 5) is 12.4. The maximum atomic E-state index is 12.4. The van der Waals surface area contributed by atoms with Crippen molar-refractivity contribution in [1.82, 2.24) is 5.32 Å². The van der Waals surface area contributed by atoms with Crippen molar-refractivity contribution in [2.24, 2.45) is 0 Å². The Morgan fingerprint density at radius 3 is 2.19 bits per heavy atom. The van der Waals surface area contributed by atoms with Gasteiger partial charge in [0.2, 0.25) is 15.9 Å². The lowest BCUT2D eigenvalue weighted by molar-refractivity contribution is -0.120. The monoisotopic (exact) mass is 438 g/mol. The zero-order chi connectivity index (χ0) is 19.3. The Bertz CT molecular complexity index is 849. The van der Waals surface area contributed by atoms with E-state index in [0.29, 0.717) is 5.69 Å². The van der Waals surface area contributed by atoms with Gasteiger partial charge in [0.15, 0.2) is 0 Å². The van der Waals surface area contributed by atoms with Gasteiger partial charge in [-0.05, 0) is 48.7 Å². The first-order chi connectivity index (χ1) is 12.2. The summed E-state index contributed by atoms with van der Waals surface area (Å²) in [7, 11) is -3.58. The number of nitrogens with one attached hydrogen (secondary N) is 1. The topological polar surface area (TPSA) is 66.5 Å². The van der Waals surface area contributed by atoms with Crippen molar-refractivity contribution in [2.45, 2.75) is 26.3 Å². The summed E-state index contributed by atoms with van der Waals surface area (Å²) < 4.78 is 26.2. The number of benzene rings is 2. The highest BCUT2D eigenvalue weighted by Gasteiger charge is 2.21. The molecule has 1 amide bonds. The third-order valence-corrected chi connectivity index (χ3v) is 5.74. The fraction of sp³-hybridized carbons (Fsp3) is 0.316. The van der Waals surface area contributed by atoms with Gasteiger partial charge >= 0.3 is 0 Å². The van der Waals surface area contributed by atoms with E-state index in [9.17, 15) is 13.2 Å². The van der Waals surface area contributed by atoms with Crippen LogP contribution in [-0.4, -0.2) is 27.1 Å². The predicted octanol–water partition coefficient (Wildman–Crippen LogP) is 3.65. The summed E-state index contributed by atoms with van der Waals surface area (Å²) in [5.74, 6) is -0.356. The lowest BCUT2D eigenvalue weighted by atomic mass is 10.1. The maximum Gasteiger partial charge on any atom is 0.241 e. The number of amides is 1. The molecule has 2 aromatic carbocycles. The Hall–Kier alpha value is -1.86. The van der Waals surface area contributed by atoms with E-state index >= 15 is 0 Å². The van der Waals surface area contributed by atoms with Crippen LogP contribution in [0.2, 0.25) is 0 Å². The molecule has 2 aromatic rings.